The van der Waals surface area contributed by atoms with E-state index in [4.69, 9.17) is 0 Å². The lowest BCUT2D eigenvalue weighted by molar-refractivity contribution is -0.142. The molecule has 0 aliphatic carbocycles. The molecule has 0 radical (unpaired) electrons. The molecule has 1 heterocycles. The van der Waals surface area contributed by atoms with E-state index >= 15 is 0 Å². The van der Waals surface area contributed by atoms with Crippen LogP contribution in [-0.2, 0) is 20.5 Å². The fourth-order valence-electron chi connectivity index (χ4n) is 2.13. The number of para-hydroxylation sites is 1. The van der Waals surface area contributed by atoms with Gasteiger partial charge < -0.3 is 14.6 Å². The van der Waals surface area contributed by atoms with Crippen molar-refractivity contribution < 1.29 is 19.0 Å². The van der Waals surface area contributed by atoms with Crippen molar-refractivity contribution in [3.8, 4) is 0 Å². The van der Waals surface area contributed by atoms with Crippen LogP contribution in [0.15, 0.2) is 30.5 Å². The minimum Gasteiger partial charge on any atom is -0.468 e. The fraction of sp³-hybridized carbons (Fsp3) is 0.308. The van der Waals surface area contributed by atoms with Crippen molar-refractivity contribution in [1.82, 2.24) is 10.1 Å². The maximum absolute atomic E-state index is 11.7. The molecule has 6 nitrogen and oxygen atoms in total. The first-order valence-electron chi connectivity index (χ1n) is 6.11. The van der Waals surface area contributed by atoms with Gasteiger partial charge in [0.25, 0.3) is 7.52 Å². The van der Waals surface area contributed by atoms with Crippen molar-refractivity contribution in [2.45, 2.75) is 12.5 Å². The zero-order valence-corrected chi connectivity index (χ0v) is 12.2. The first-order chi connectivity index (χ1) is 9.40. The third-order valence-corrected chi connectivity index (χ3v) is 3.77. The van der Waals surface area contributed by atoms with E-state index < -0.39 is 19.5 Å². The van der Waals surface area contributed by atoms with Gasteiger partial charge in [-0.25, -0.2) is 5.09 Å². The molecule has 0 aliphatic rings. The van der Waals surface area contributed by atoms with Gasteiger partial charge in [0.1, 0.15) is 6.04 Å². The van der Waals surface area contributed by atoms with Gasteiger partial charge in [-0.2, -0.15) is 0 Å². The van der Waals surface area contributed by atoms with E-state index in [1.807, 2.05) is 24.3 Å². The molecule has 0 saturated heterocycles. The Kier molecular flexibility index (Phi) is 4.28. The summed E-state index contributed by atoms with van der Waals surface area (Å²) in [6.07, 6.45) is 2.06. The topological polar surface area (TPSA) is 91.4 Å². The van der Waals surface area contributed by atoms with Gasteiger partial charge in [0.05, 0.1) is 7.11 Å². The smallest absolute Gasteiger partial charge is 0.323 e. The zero-order chi connectivity index (χ0) is 14.8. The molecule has 0 aliphatic heterocycles. The molecule has 0 fully saturated rings. The SMILES string of the molecule is COC(=O)[C@H](Cc1c[nH]c2ccccc12)NP(C)(=O)O. The first kappa shape index (κ1) is 14.8. The highest BCUT2D eigenvalue weighted by atomic mass is 31.2. The van der Waals surface area contributed by atoms with E-state index in [0.717, 1.165) is 23.1 Å². The number of nitrogens with one attached hydrogen (secondary N) is 2. The van der Waals surface area contributed by atoms with E-state index in [1.54, 1.807) is 6.20 Å². The number of hydrogen-bond acceptors (Lipinski definition) is 3. The molecule has 0 spiro atoms. The molecular formula is C13H17N2O4P. The highest BCUT2D eigenvalue weighted by Crippen LogP contribution is 2.31. The fourth-order valence-corrected chi connectivity index (χ4v) is 2.91. The third-order valence-electron chi connectivity index (χ3n) is 2.98. The van der Waals surface area contributed by atoms with E-state index in [9.17, 15) is 14.3 Å². The Hall–Kier alpha value is -1.62. The first-order valence-corrected chi connectivity index (χ1v) is 8.22. The maximum atomic E-state index is 11.7. The quantitative estimate of drug-likeness (QED) is 0.576. The lowest BCUT2D eigenvalue weighted by Gasteiger charge is -2.17. The Bertz CT molecular complexity index is 661. The van der Waals surface area contributed by atoms with E-state index in [2.05, 4.69) is 14.8 Å². The standard InChI is InChI=1S/C13H17N2O4P/c1-19-13(16)12(15-20(2,17)18)7-9-8-14-11-6-4-3-5-10(9)11/h3-6,8,12,14H,7H2,1-2H3,(H2,15,17,18)/t12-/m0/s1. The van der Waals surface area contributed by atoms with Gasteiger partial charge in [-0.15, -0.1) is 0 Å². The van der Waals surface area contributed by atoms with Crippen LogP contribution < -0.4 is 5.09 Å². The number of carbonyl (C=O) groups excluding carboxylic acids is 1. The van der Waals surface area contributed by atoms with E-state index in [-0.39, 0.29) is 6.42 Å². The normalized spacial score (nSPS) is 15.8. The number of methoxy groups -OCH3 is 1. The molecule has 0 bridgehead atoms. The lowest BCUT2D eigenvalue weighted by Crippen LogP contribution is -2.37. The Labute approximate surface area is 116 Å². The maximum Gasteiger partial charge on any atom is 0.323 e. The molecule has 0 amide bonds. The van der Waals surface area contributed by atoms with Crippen molar-refractivity contribution in [1.29, 1.82) is 0 Å². The largest absolute Gasteiger partial charge is 0.468 e. The number of aromatic amines is 1. The van der Waals surface area contributed by atoms with Crippen LogP contribution in [0.1, 0.15) is 5.56 Å². The summed E-state index contributed by atoms with van der Waals surface area (Å²) in [6, 6.07) is 6.81. The van der Waals surface area contributed by atoms with Gasteiger partial charge in [0, 0.05) is 30.2 Å². The summed E-state index contributed by atoms with van der Waals surface area (Å²) >= 11 is 0. The Morgan fingerprint density at radius 1 is 1.50 bits per heavy atom. The molecule has 1 aromatic heterocycles. The molecule has 2 aromatic rings. The average molecular weight is 296 g/mol. The molecule has 1 aromatic carbocycles. The van der Waals surface area contributed by atoms with Crippen LogP contribution in [0, 0.1) is 0 Å². The van der Waals surface area contributed by atoms with E-state index in [0.29, 0.717) is 0 Å². The second-order valence-corrected chi connectivity index (χ2v) is 6.66. The molecule has 2 atom stereocenters. The lowest BCUT2D eigenvalue weighted by atomic mass is 10.1. The predicted molar refractivity (Wildman–Crippen MR) is 76.7 cm³/mol. The number of fused-ring (bicyclic) bond motifs is 1. The van der Waals surface area contributed by atoms with Crippen LogP contribution in [0.4, 0.5) is 0 Å². The van der Waals surface area contributed by atoms with E-state index in [1.165, 1.54) is 7.11 Å². The minimum atomic E-state index is -3.53. The Morgan fingerprint density at radius 2 is 2.20 bits per heavy atom. The number of H-pyrrole nitrogens is 1. The predicted octanol–water partition coefficient (Wildman–Crippen LogP) is 1.66. The highest BCUT2D eigenvalue weighted by molar-refractivity contribution is 7.55. The summed E-state index contributed by atoms with van der Waals surface area (Å²) in [7, 11) is -2.27. The summed E-state index contributed by atoms with van der Waals surface area (Å²) in [5.41, 5.74) is 1.84. The monoisotopic (exact) mass is 296 g/mol. The molecule has 7 heteroatoms. The van der Waals surface area contributed by atoms with Gasteiger partial charge in [0.2, 0.25) is 0 Å². The van der Waals surface area contributed by atoms with Gasteiger partial charge >= 0.3 is 5.97 Å². The second-order valence-electron chi connectivity index (χ2n) is 4.65. The van der Waals surface area contributed by atoms with Gasteiger partial charge in [-0.1, -0.05) is 18.2 Å². The number of ether oxygens (including phenoxy) is 1. The second kappa shape index (κ2) is 5.79. The summed E-state index contributed by atoms with van der Waals surface area (Å²) in [4.78, 5) is 24.2. The van der Waals surface area contributed by atoms with Gasteiger partial charge in [0.15, 0.2) is 0 Å². The highest BCUT2D eigenvalue weighted by Gasteiger charge is 2.26. The van der Waals surface area contributed by atoms with Crippen molar-refractivity contribution >= 4 is 24.4 Å². The summed E-state index contributed by atoms with van der Waals surface area (Å²) in [5, 5.41) is 3.41. The Morgan fingerprint density at radius 3 is 2.85 bits per heavy atom. The van der Waals surface area contributed by atoms with Crippen LogP contribution in [0.2, 0.25) is 0 Å². The third kappa shape index (κ3) is 3.48. The average Bonchev–Trinajstić information content (AvgIpc) is 2.79. The molecule has 2 rings (SSSR count). The van der Waals surface area contributed by atoms with Crippen LogP contribution in [0.25, 0.3) is 10.9 Å². The number of aromatic nitrogens is 1. The van der Waals surface area contributed by atoms with Crippen molar-refractivity contribution in [3.05, 3.63) is 36.0 Å². The summed E-state index contributed by atoms with van der Waals surface area (Å²) in [6.45, 7) is 1.15. The van der Waals surface area contributed by atoms with Crippen LogP contribution in [0.5, 0.6) is 0 Å². The Balaban J connectivity index is 2.27. The molecule has 108 valence electrons. The number of carbonyl (C=O) groups is 1. The minimum absolute atomic E-state index is 0.273. The molecule has 3 N–H and O–H groups in total. The van der Waals surface area contributed by atoms with Crippen molar-refractivity contribution in [3.63, 3.8) is 0 Å². The summed E-state index contributed by atoms with van der Waals surface area (Å²) < 4.78 is 16.1. The van der Waals surface area contributed by atoms with Crippen LogP contribution >= 0.6 is 7.52 Å². The molecule has 0 saturated carbocycles. The van der Waals surface area contributed by atoms with Crippen molar-refractivity contribution in [2.24, 2.45) is 0 Å². The van der Waals surface area contributed by atoms with Crippen LogP contribution in [-0.4, -0.2) is 35.7 Å². The molecule has 20 heavy (non-hydrogen) atoms. The zero-order valence-electron chi connectivity index (χ0n) is 11.3. The number of rotatable bonds is 5. The van der Waals surface area contributed by atoms with Crippen molar-refractivity contribution in [2.75, 3.05) is 13.8 Å². The summed E-state index contributed by atoms with van der Waals surface area (Å²) in [5.74, 6) is -0.564. The number of hydrogen-bond donors (Lipinski definition) is 3. The molecular weight excluding hydrogens is 279 g/mol. The van der Waals surface area contributed by atoms with Gasteiger partial charge in [-0.3, -0.25) is 9.36 Å². The number of esters is 1. The molecule has 1 unspecified atom stereocenters. The van der Waals surface area contributed by atoms with Crippen LogP contribution in [0.3, 0.4) is 0 Å². The number of benzene rings is 1. The van der Waals surface area contributed by atoms with Gasteiger partial charge in [-0.05, 0) is 11.6 Å².